The number of carbonyl (C=O) groups is 3. The maximum atomic E-state index is 14.7. The summed E-state index contributed by atoms with van der Waals surface area (Å²) in [5, 5.41) is 26.0. The van der Waals surface area contributed by atoms with Crippen molar-refractivity contribution in [2.24, 2.45) is 5.92 Å². The highest BCUT2D eigenvalue weighted by atomic mass is 16.6. The van der Waals surface area contributed by atoms with Crippen LogP contribution in [0.4, 0.5) is 4.79 Å². The molecule has 3 rings (SSSR count). The molecule has 9 heteroatoms. The Hall–Kier alpha value is -4.53. The molecule has 3 atom stereocenters. The molecule has 3 aromatic rings. The smallest absolute Gasteiger partial charge is 0.408 e. The van der Waals surface area contributed by atoms with Gasteiger partial charge < -0.3 is 30.5 Å². The average molecular weight is 618 g/mol. The molecule has 3 aromatic carbocycles. The minimum absolute atomic E-state index is 0.0388. The molecule has 0 saturated heterocycles. The van der Waals surface area contributed by atoms with Crippen LogP contribution in [0.15, 0.2) is 78.9 Å². The molecule has 0 heterocycles. The Morgan fingerprint density at radius 2 is 1.49 bits per heavy atom. The normalized spacial score (nSPS) is 13.4. The molecule has 3 unspecified atom stereocenters. The lowest BCUT2D eigenvalue weighted by molar-refractivity contribution is -0.145. The van der Waals surface area contributed by atoms with Crippen LogP contribution in [0.2, 0.25) is 0 Å². The van der Waals surface area contributed by atoms with Gasteiger partial charge in [-0.3, -0.25) is 9.59 Å². The van der Waals surface area contributed by atoms with Crippen LogP contribution in [-0.2, 0) is 27.3 Å². The summed E-state index contributed by atoms with van der Waals surface area (Å²) >= 11 is 0. The van der Waals surface area contributed by atoms with Gasteiger partial charge in [0.25, 0.3) is 0 Å². The molecule has 0 radical (unpaired) electrons. The molecule has 0 spiro atoms. The van der Waals surface area contributed by atoms with E-state index in [1.165, 1.54) is 29.2 Å². The number of phenols is 2. The number of phenolic OH excluding ortho intramolecular Hbond substituents is 2. The number of amides is 3. The van der Waals surface area contributed by atoms with Crippen molar-refractivity contribution in [3.63, 3.8) is 0 Å². The van der Waals surface area contributed by atoms with Gasteiger partial charge in [-0.25, -0.2) is 4.79 Å². The zero-order chi connectivity index (χ0) is 33.1. The van der Waals surface area contributed by atoms with E-state index in [9.17, 15) is 24.6 Å². The molecule has 3 amide bonds. The number of carbonyl (C=O) groups excluding carboxylic acids is 3. The van der Waals surface area contributed by atoms with E-state index in [0.29, 0.717) is 23.5 Å². The Balaban J connectivity index is 2.09. The summed E-state index contributed by atoms with van der Waals surface area (Å²) in [6.45, 7) is 11.5. The molecule has 0 aromatic heterocycles. The van der Waals surface area contributed by atoms with Crippen molar-refractivity contribution in [1.82, 2.24) is 15.5 Å². The van der Waals surface area contributed by atoms with E-state index >= 15 is 0 Å². The first-order chi connectivity index (χ1) is 21.2. The molecule has 242 valence electrons. The lowest BCUT2D eigenvalue weighted by Gasteiger charge is -2.39. The predicted molar refractivity (Wildman–Crippen MR) is 174 cm³/mol. The molecular formula is C36H47N3O6. The monoisotopic (exact) mass is 617 g/mol. The van der Waals surface area contributed by atoms with E-state index < -0.39 is 41.6 Å². The van der Waals surface area contributed by atoms with Crippen molar-refractivity contribution in [2.45, 2.75) is 91.1 Å². The van der Waals surface area contributed by atoms with E-state index in [1.807, 2.05) is 37.3 Å². The maximum absolute atomic E-state index is 14.7. The van der Waals surface area contributed by atoms with Gasteiger partial charge in [0.1, 0.15) is 29.2 Å². The third-order valence-corrected chi connectivity index (χ3v) is 7.28. The molecular weight excluding hydrogens is 570 g/mol. The van der Waals surface area contributed by atoms with Gasteiger partial charge in [0, 0.05) is 19.0 Å². The zero-order valence-electron chi connectivity index (χ0n) is 27.1. The molecule has 0 aliphatic rings. The van der Waals surface area contributed by atoms with E-state index in [0.717, 1.165) is 12.0 Å². The van der Waals surface area contributed by atoms with E-state index in [4.69, 9.17) is 4.74 Å². The number of alkyl carbamates (subject to hydrolysis) is 1. The summed E-state index contributed by atoms with van der Waals surface area (Å²) in [6.07, 6.45) is 0.718. The lowest BCUT2D eigenvalue weighted by Crippen LogP contribution is -2.56. The van der Waals surface area contributed by atoms with Gasteiger partial charge in [-0.1, -0.05) is 68.4 Å². The largest absolute Gasteiger partial charge is 0.508 e. The summed E-state index contributed by atoms with van der Waals surface area (Å²) in [5.74, 6) is -0.515. The Bertz CT molecular complexity index is 1400. The maximum Gasteiger partial charge on any atom is 0.408 e. The van der Waals surface area contributed by atoms with Crippen molar-refractivity contribution < 1.29 is 29.3 Å². The number of hydrogen-bond acceptors (Lipinski definition) is 6. The molecule has 45 heavy (non-hydrogen) atoms. The Labute approximate surface area is 266 Å². The van der Waals surface area contributed by atoms with Crippen molar-refractivity contribution in [2.75, 3.05) is 0 Å². The van der Waals surface area contributed by atoms with Crippen molar-refractivity contribution in [3.05, 3.63) is 95.6 Å². The fourth-order valence-electron chi connectivity index (χ4n) is 5.03. The topological polar surface area (TPSA) is 128 Å². The number of ether oxygens (including phenoxy) is 1. The number of nitrogens with one attached hydrogen (secondary N) is 2. The molecule has 0 aliphatic carbocycles. The second-order valence-corrected chi connectivity index (χ2v) is 12.8. The van der Waals surface area contributed by atoms with Gasteiger partial charge in [0.05, 0.1) is 0 Å². The number of nitrogens with zero attached hydrogens (tertiary/aromatic N) is 1. The average Bonchev–Trinajstić information content (AvgIpc) is 2.97. The first-order valence-corrected chi connectivity index (χ1v) is 15.4. The molecule has 4 N–H and O–H groups in total. The third-order valence-electron chi connectivity index (χ3n) is 7.28. The highest BCUT2D eigenvalue weighted by molar-refractivity contribution is 5.92. The minimum Gasteiger partial charge on any atom is -0.508 e. The second kappa shape index (κ2) is 16.0. The summed E-state index contributed by atoms with van der Waals surface area (Å²) in [6, 6.07) is 19.5. The highest BCUT2D eigenvalue weighted by Gasteiger charge is 2.39. The number of aromatic hydroxyl groups is 2. The number of hydrogen-bond donors (Lipinski definition) is 4. The summed E-state index contributed by atoms with van der Waals surface area (Å²) < 4.78 is 5.52. The van der Waals surface area contributed by atoms with Gasteiger partial charge in [0.15, 0.2) is 0 Å². The van der Waals surface area contributed by atoms with Gasteiger partial charge in [-0.15, -0.1) is 0 Å². The number of rotatable bonds is 13. The lowest BCUT2D eigenvalue weighted by atomic mass is 9.95. The quantitative estimate of drug-likeness (QED) is 0.180. The fourth-order valence-corrected chi connectivity index (χ4v) is 5.03. The molecule has 9 nitrogen and oxygen atoms in total. The highest BCUT2D eigenvalue weighted by Crippen LogP contribution is 2.30. The molecule has 0 fully saturated rings. The van der Waals surface area contributed by atoms with Crippen LogP contribution in [-0.4, -0.2) is 50.7 Å². The summed E-state index contributed by atoms with van der Waals surface area (Å²) in [5.41, 5.74) is 1.22. The Morgan fingerprint density at radius 3 is 2.09 bits per heavy atom. The Kier molecular flexibility index (Phi) is 12.4. The van der Waals surface area contributed by atoms with Gasteiger partial charge >= 0.3 is 6.09 Å². The molecule has 0 bridgehead atoms. The van der Waals surface area contributed by atoms with E-state index in [2.05, 4.69) is 24.5 Å². The number of benzene rings is 3. The van der Waals surface area contributed by atoms with Crippen molar-refractivity contribution in [1.29, 1.82) is 0 Å². The second-order valence-electron chi connectivity index (χ2n) is 12.8. The zero-order valence-corrected chi connectivity index (χ0v) is 27.1. The van der Waals surface area contributed by atoms with Gasteiger partial charge in [-0.05, 0) is 87.4 Å². The van der Waals surface area contributed by atoms with E-state index in [-0.39, 0.29) is 24.5 Å². The predicted octanol–water partition coefficient (Wildman–Crippen LogP) is 6.24. The molecule has 0 saturated carbocycles. The molecule has 0 aliphatic heterocycles. The third kappa shape index (κ3) is 11.2. The van der Waals surface area contributed by atoms with Gasteiger partial charge in [0.2, 0.25) is 11.8 Å². The SMILES string of the molecule is CC(C)CCC(C)N(C(=O)C(Cc1ccc(O)cc1)NC(=O)OC(C)(C)C)C(C(=O)NCc1ccccc1)c1cccc(O)c1. The van der Waals surface area contributed by atoms with Crippen LogP contribution in [0, 0.1) is 5.92 Å². The van der Waals surface area contributed by atoms with Crippen molar-refractivity contribution >= 4 is 17.9 Å². The fraction of sp³-hybridized carbons (Fsp3) is 0.417. The van der Waals surface area contributed by atoms with Crippen LogP contribution in [0.1, 0.15) is 77.1 Å². The summed E-state index contributed by atoms with van der Waals surface area (Å²) in [7, 11) is 0. The van der Waals surface area contributed by atoms with Crippen LogP contribution < -0.4 is 10.6 Å². The van der Waals surface area contributed by atoms with Crippen LogP contribution in [0.5, 0.6) is 11.5 Å². The minimum atomic E-state index is -1.11. The van der Waals surface area contributed by atoms with Crippen molar-refractivity contribution in [3.8, 4) is 11.5 Å². The Morgan fingerprint density at radius 1 is 0.822 bits per heavy atom. The standard InChI is InChI=1S/C36H47N3O6/c1-24(2)15-16-25(3)39(32(28-13-10-14-30(41)22-28)33(42)37-23-27-11-8-7-9-12-27)34(43)31(38-35(44)45-36(4,5)6)21-26-17-19-29(40)20-18-26/h7-14,17-20,22,24-25,31-32,40-41H,15-16,21,23H2,1-6H3,(H,37,42)(H,38,44). The first kappa shape index (κ1) is 35.0. The van der Waals surface area contributed by atoms with Gasteiger partial charge in [-0.2, -0.15) is 0 Å². The van der Waals surface area contributed by atoms with Crippen LogP contribution in [0.25, 0.3) is 0 Å². The van der Waals surface area contributed by atoms with Crippen LogP contribution >= 0.6 is 0 Å². The first-order valence-electron chi connectivity index (χ1n) is 15.4. The summed E-state index contributed by atoms with van der Waals surface area (Å²) in [4.78, 5) is 43.4. The van der Waals surface area contributed by atoms with E-state index in [1.54, 1.807) is 45.0 Å². The van der Waals surface area contributed by atoms with Crippen LogP contribution in [0.3, 0.4) is 0 Å².